The summed E-state index contributed by atoms with van der Waals surface area (Å²) >= 11 is 0. The van der Waals surface area contributed by atoms with E-state index < -0.39 is 10.0 Å². The molecule has 128 valence electrons. The van der Waals surface area contributed by atoms with Crippen LogP contribution in [0.5, 0.6) is 0 Å². The smallest absolute Gasteiger partial charge is 0.262 e. The molecule has 3 heterocycles. The molecule has 2 aliphatic heterocycles. The van der Waals surface area contributed by atoms with Crippen LogP contribution in [0.3, 0.4) is 0 Å². The van der Waals surface area contributed by atoms with Crippen LogP contribution in [0.1, 0.15) is 24.4 Å². The van der Waals surface area contributed by atoms with E-state index in [2.05, 4.69) is 4.98 Å². The third-order valence-corrected chi connectivity index (χ3v) is 6.89. The highest BCUT2D eigenvalue weighted by atomic mass is 32.2. The van der Waals surface area contributed by atoms with Gasteiger partial charge in [0.1, 0.15) is 0 Å². The van der Waals surface area contributed by atoms with E-state index >= 15 is 0 Å². The molecule has 7 heteroatoms. The molecule has 4 rings (SSSR count). The number of benzene rings is 1. The molecule has 0 bridgehead atoms. The molecule has 2 aliphatic rings. The Kier molecular flexibility index (Phi) is 3.74. The summed E-state index contributed by atoms with van der Waals surface area (Å²) in [6, 6.07) is 9.77. The zero-order valence-electron chi connectivity index (χ0n) is 13.6. The van der Waals surface area contributed by atoms with Gasteiger partial charge in [0.15, 0.2) is 5.03 Å². The van der Waals surface area contributed by atoms with Gasteiger partial charge in [-0.15, -0.1) is 0 Å². The average molecular weight is 347 g/mol. The number of hydrogen-bond acceptors (Lipinski definition) is 4. The minimum atomic E-state index is -3.59. The van der Waals surface area contributed by atoms with Crippen LogP contribution in [0.4, 0.5) is 0 Å². The molecule has 0 saturated carbocycles. The van der Waals surface area contributed by atoms with Crippen LogP contribution in [-0.2, 0) is 21.8 Å². The van der Waals surface area contributed by atoms with Crippen molar-refractivity contribution in [1.29, 1.82) is 0 Å². The van der Waals surface area contributed by atoms with Crippen molar-refractivity contribution in [1.82, 2.24) is 13.9 Å². The van der Waals surface area contributed by atoms with Gasteiger partial charge in [-0.05, 0) is 18.4 Å². The van der Waals surface area contributed by atoms with Crippen LogP contribution in [0, 0.1) is 5.41 Å². The molecule has 0 amide bonds. The summed E-state index contributed by atoms with van der Waals surface area (Å²) in [5.74, 6) is 0. The second-order valence-corrected chi connectivity index (χ2v) is 8.55. The van der Waals surface area contributed by atoms with E-state index in [1.165, 1.54) is 6.33 Å². The topological polar surface area (TPSA) is 64.4 Å². The monoisotopic (exact) mass is 347 g/mol. The zero-order valence-corrected chi connectivity index (χ0v) is 14.4. The lowest BCUT2D eigenvalue weighted by molar-refractivity contribution is -0.0953. The first-order valence-corrected chi connectivity index (χ1v) is 9.59. The summed E-state index contributed by atoms with van der Waals surface area (Å²) in [6.45, 7) is 1.93. The number of rotatable bonds is 3. The molecule has 6 nitrogen and oxygen atoms in total. The minimum absolute atomic E-state index is 0.0263. The number of nitrogens with zero attached hydrogens (tertiary/aromatic N) is 3. The Morgan fingerprint density at radius 3 is 2.54 bits per heavy atom. The Balaban J connectivity index is 1.73. The predicted molar refractivity (Wildman–Crippen MR) is 88.8 cm³/mol. The zero-order chi connectivity index (χ0) is 16.8. The number of aryl methyl sites for hydroxylation is 1. The number of sulfonamides is 1. The number of imidazole rings is 1. The van der Waals surface area contributed by atoms with Gasteiger partial charge in [-0.2, -0.15) is 4.31 Å². The largest absolute Gasteiger partial charge is 0.381 e. The molecule has 1 aromatic carbocycles. The fourth-order valence-corrected chi connectivity index (χ4v) is 5.68. The van der Waals surface area contributed by atoms with Crippen molar-refractivity contribution in [3.63, 3.8) is 0 Å². The van der Waals surface area contributed by atoms with Crippen molar-refractivity contribution >= 4 is 10.0 Å². The molecule has 2 aromatic rings. The second-order valence-electron chi connectivity index (χ2n) is 6.72. The van der Waals surface area contributed by atoms with Crippen LogP contribution in [0.25, 0.3) is 0 Å². The molecule has 24 heavy (non-hydrogen) atoms. The van der Waals surface area contributed by atoms with Crippen molar-refractivity contribution in [3.05, 3.63) is 48.4 Å². The van der Waals surface area contributed by atoms with Gasteiger partial charge < -0.3 is 9.30 Å². The first kappa shape index (κ1) is 15.8. The van der Waals surface area contributed by atoms with E-state index in [4.69, 9.17) is 4.74 Å². The van der Waals surface area contributed by atoms with Crippen LogP contribution in [0.2, 0.25) is 0 Å². The summed E-state index contributed by atoms with van der Waals surface area (Å²) in [6.07, 6.45) is 4.86. The van der Waals surface area contributed by atoms with Crippen LogP contribution < -0.4 is 0 Å². The average Bonchev–Trinajstić information content (AvgIpc) is 3.02. The lowest BCUT2D eigenvalue weighted by atomic mass is 9.65. The molecule has 2 fully saturated rings. The van der Waals surface area contributed by atoms with Crippen LogP contribution in [-0.4, -0.2) is 42.0 Å². The van der Waals surface area contributed by atoms with Crippen molar-refractivity contribution in [2.24, 2.45) is 12.5 Å². The maximum atomic E-state index is 13.1. The van der Waals surface area contributed by atoms with E-state index in [9.17, 15) is 8.42 Å². The van der Waals surface area contributed by atoms with Gasteiger partial charge in [0.05, 0.1) is 12.4 Å². The lowest BCUT2D eigenvalue weighted by Crippen LogP contribution is -2.62. The lowest BCUT2D eigenvalue weighted by Gasteiger charge is -2.58. The van der Waals surface area contributed by atoms with Gasteiger partial charge in [-0.1, -0.05) is 30.3 Å². The van der Waals surface area contributed by atoms with Gasteiger partial charge in [-0.25, -0.2) is 13.4 Å². The SMILES string of the molecule is Cn1cnc(S(=O)(=O)N2CC3(CCOCC3)[C@@H]2c2ccccc2)c1. The quantitative estimate of drug-likeness (QED) is 0.851. The molecular formula is C17H21N3O3S. The molecule has 0 aliphatic carbocycles. The highest BCUT2D eigenvalue weighted by molar-refractivity contribution is 7.89. The third-order valence-electron chi connectivity index (χ3n) is 5.20. The minimum Gasteiger partial charge on any atom is -0.381 e. The van der Waals surface area contributed by atoms with Gasteiger partial charge in [0, 0.05) is 38.4 Å². The first-order valence-electron chi connectivity index (χ1n) is 8.15. The number of hydrogen-bond donors (Lipinski definition) is 0. The summed E-state index contributed by atoms with van der Waals surface area (Å²) < 4.78 is 34.9. The van der Waals surface area contributed by atoms with Gasteiger partial charge in [0.25, 0.3) is 10.0 Å². The fourth-order valence-electron chi connectivity index (χ4n) is 3.91. The highest BCUT2D eigenvalue weighted by Gasteiger charge is 2.58. The summed E-state index contributed by atoms with van der Waals surface area (Å²) in [4.78, 5) is 4.06. The molecule has 0 radical (unpaired) electrons. The standard InChI is InChI=1S/C17H21N3O3S/c1-19-11-15(18-13-19)24(21,22)20-12-17(7-9-23-10-8-17)16(20)14-5-3-2-4-6-14/h2-6,11,13,16H,7-10,12H2,1H3/t16-/m0/s1. The van der Waals surface area contributed by atoms with E-state index in [-0.39, 0.29) is 16.5 Å². The maximum absolute atomic E-state index is 13.1. The van der Waals surface area contributed by atoms with Gasteiger partial charge >= 0.3 is 0 Å². The fraction of sp³-hybridized carbons (Fsp3) is 0.471. The Labute approximate surface area is 142 Å². The first-order chi connectivity index (χ1) is 11.5. The van der Waals surface area contributed by atoms with Crippen molar-refractivity contribution in [2.45, 2.75) is 23.9 Å². The molecule has 0 N–H and O–H groups in total. The van der Waals surface area contributed by atoms with Crippen molar-refractivity contribution < 1.29 is 13.2 Å². The molecule has 1 spiro atoms. The number of ether oxygens (including phenoxy) is 1. The Hall–Kier alpha value is -1.70. The summed E-state index contributed by atoms with van der Waals surface area (Å²) in [5, 5.41) is 0.118. The van der Waals surface area contributed by atoms with Gasteiger partial charge in [-0.3, -0.25) is 0 Å². The molecule has 1 atom stereocenters. The summed E-state index contributed by atoms with van der Waals surface area (Å²) in [5.41, 5.74) is 1.02. The van der Waals surface area contributed by atoms with Crippen molar-refractivity contribution in [3.8, 4) is 0 Å². The molecular weight excluding hydrogens is 326 g/mol. The van der Waals surface area contributed by atoms with Gasteiger partial charge in [0.2, 0.25) is 0 Å². The number of aromatic nitrogens is 2. The Bertz CT molecular complexity index is 826. The highest BCUT2D eigenvalue weighted by Crippen LogP contribution is 2.56. The molecule has 0 unspecified atom stereocenters. The van der Waals surface area contributed by atoms with Crippen LogP contribution >= 0.6 is 0 Å². The van der Waals surface area contributed by atoms with Crippen molar-refractivity contribution in [2.75, 3.05) is 19.8 Å². The Morgan fingerprint density at radius 2 is 1.92 bits per heavy atom. The van der Waals surface area contributed by atoms with E-state index in [0.29, 0.717) is 19.8 Å². The predicted octanol–water partition coefficient (Wildman–Crippen LogP) is 1.96. The second kappa shape index (κ2) is 5.68. The normalized spacial score (nSPS) is 24.0. The third kappa shape index (κ3) is 2.39. The maximum Gasteiger partial charge on any atom is 0.262 e. The summed E-state index contributed by atoms with van der Waals surface area (Å²) in [7, 11) is -1.82. The van der Waals surface area contributed by atoms with E-state index in [1.807, 2.05) is 30.3 Å². The molecule has 2 saturated heterocycles. The molecule has 1 aromatic heterocycles. The van der Waals surface area contributed by atoms with E-state index in [0.717, 1.165) is 18.4 Å². The Morgan fingerprint density at radius 1 is 1.21 bits per heavy atom. The van der Waals surface area contributed by atoms with Crippen LogP contribution in [0.15, 0.2) is 47.9 Å². The van der Waals surface area contributed by atoms with E-state index in [1.54, 1.807) is 22.1 Å².